The number of benzene rings is 1. The molecule has 0 aromatic heterocycles. The van der Waals surface area contributed by atoms with Gasteiger partial charge in [-0.25, -0.2) is 0 Å². The maximum absolute atomic E-state index is 13.8. The van der Waals surface area contributed by atoms with E-state index in [1.165, 1.54) is 4.90 Å². The SMILES string of the molecule is CC[C@@H](CO)N1C(=O)[C@@H]2[C@H](C(=O)NC)[C@H]3SC2(CC3Br)C1C(=O)Nc1c(C)cccc1Cl. The fourth-order valence-electron chi connectivity index (χ4n) is 5.62. The van der Waals surface area contributed by atoms with Crippen LogP contribution in [0, 0.1) is 18.8 Å². The van der Waals surface area contributed by atoms with Crippen LogP contribution in [0.15, 0.2) is 18.2 Å². The average Bonchev–Trinajstić information content (AvgIpc) is 3.35. The second-order valence-electron chi connectivity index (χ2n) is 8.69. The summed E-state index contributed by atoms with van der Waals surface area (Å²) in [7, 11) is 1.57. The molecule has 3 saturated heterocycles. The van der Waals surface area contributed by atoms with Gasteiger partial charge in [0.2, 0.25) is 17.7 Å². The van der Waals surface area contributed by atoms with E-state index in [4.69, 9.17) is 11.6 Å². The van der Waals surface area contributed by atoms with E-state index in [2.05, 4.69) is 26.6 Å². The van der Waals surface area contributed by atoms with Crippen LogP contribution in [0.4, 0.5) is 5.69 Å². The molecule has 3 heterocycles. The van der Waals surface area contributed by atoms with E-state index in [1.807, 2.05) is 26.0 Å². The number of para-hydroxylation sites is 1. The van der Waals surface area contributed by atoms with E-state index in [1.54, 1.807) is 24.9 Å². The quantitative estimate of drug-likeness (QED) is 0.478. The van der Waals surface area contributed by atoms with Crippen molar-refractivity contribution in [1.82, 2.24) is 10.2 Å². The van der Waals surface area contributed by atoms with Crippen LogP contribution in [-0.2, 0) is 14.4 Å². The van der Waals surface area contributed by atoms with Crippen molar-refractivity contribution in [3.8, 4) is 0 Å². The Morgan fingerprint density at radius 3 is 2.72 bits per heavy atom. The number of nitrogens with one attached hydrogen (secondary N) is 2. The standard InChI is InChI=1S/C22H27BrClN3O4S/c1-4-11(9-28)27-18(20(30)26-16-10(2)6-5-7-13(16)24)22-8-12(23)17(32-22)14(19(29)25-3)15(22)21(27)31/h5-7,11-12,14-15,17-18,28H,4,8-9H2,1-3H3,(H,25,29)(H,26,30)/t11-,12?,14-,15-,17-,18?,22?/m0/s1. The Balaban J connectivity index is 1.80. The van der Waals surface area contributed by atoms with Gasteiger partial charge in [0.1, 0.15) is 6.04 Å². The first-order chi connectivity index (χ1) is 15.2. The van der Waals surface area contributed by atoms with Gasteiger partial charge in [0.25, 0.3) is 0 Å². The number of likely N-dealkylation sites (tertiary alicyclic amines) is 1. The molecule has 3 amide bonds. The lowest BCUT2D eigenvalue weighted by Gasteiger charge is -2.37. The summed E-state index contributed by atoms with van der Waals surface area (Å²) >= 11 is 11.6. The number of fused-ring (bicyclic) bond motifs is 1. The third-order valence-corrected chi connectivity index (χ3v) is 10.6. The Labute approximate surface area is 205 Å². The van der Waals surface area contributed by atoms with Crippen LogP contribution in [0.25, 0.3) is 0 Å². The molecule has 7 atom stereocenters. The first-order valence-corrected chi connectivity index (χ1v) is 12.9. The van der Waals surface area contributed by atoms with Crippen LogP contribution in [0.3, 0.4) is 0 Å². The second-order valence-corrected chi connectivity index (χ2v) is 11.8. The number of halogens is 2. The molecule has 3 fully saturated rings. The summed E-state index contributed by atoms with van der Waals surface area (Å²) in [5.41, 5.74) is 1.33. The van der Waals surface area contributed by atoms with Crippen LogP contribution in [-0.4, -0.2) is 68.3 Å². The minimum atomic E-state index is -0.822. The maximum Gasteiger partial charge on any atom is 0.248 e. The number of rotatable bonds is 6. The van der Waals surface area contributed by atoms with Gasteiger partial charge in [-0.15, -0.1) is 11.8 Å². The summed E-state index contributed by atoms with van der Waals surface area (Å²) in [5.74, 6) is -1.91. The highest BCUT2D eigenvalue weighted by Crippen LogP contribution is 2.68. The van der Waals surface area contributed by atoms with E-state index in [9.17, 15) is 19.5 Å². The molecule has 7 nitrogen and oxygen atoms in total. The van der Waals surface area contributed by atoms with Crippen LogP contribution in [0.5, 0.6) is 0 Å². The van der Waals surface area contributed by atoms with E-state index >= 15 is 0 Å². The van der Waals surface area contributed by atoms with Crippen molar-refractivity contribution < 1.29 is 19.5 Å². The zero-order valence-electron chi connectivity index (χ0n) is 18.1. The Kier molecular flexibility index (Phi) is 6.57. The topological polar surface area (TPSA) is 98.7 Å². The highest BCUT2D eigenvalue weighted by atomic mass is 79.9. The van der Waals surface area contributed by atoms with Gasteiger partial charge >= 0.3 is 0 Å². The molecule has 3 N–H and O–H groups in total. The number of aryl methyl sites for hydroxylation is 1. The highest BCUT2D eigenvalue weighted by molar-refractivity contribution is 9.09. The average molecular weight is 545 g/mol. The third kappa shape index (κ3) is 3.38. The first-order valence-electron chi connectivity index (χ1n) is 10.7. The first kappa shape index (κ1) is 23.9. The Morgan fingerprint density at radius 1 is 1.41 bits per heavy atom. The molecule has 2 bridgehead atoms. The number of anilines is 1. The minimum absolute atomic E-state index is 0.00496. The van der Waals surface area contributed by atoms with Gasteiger partial charge in [0.05, 0.1) is 39.9 Å². The number of nitrogens with zero attached hydrogens (tertiary/aromatic N) is 1. The molecular formula is C22H27BrClN3O4S. The van der Waals surface area contributed by atoms with E-state index in [0.29, 0.717) is 23.6 Å². The van der Waals surface area contributed by atoms with Gasteiger partial charge in [-0.2, -0.15) is 0 Å². The highest BCUT2D eigenvalue weighted by Gasteiger charge is 2.76. The van der Waals surface area contributed by atoms with Crippen molar-refractivity contribution in [1.29, 1.82) is 0 Å². The number of aliphatic hydroxyl groups excluding tert-OH is 1. The van der Waals surface area contributed by atoms with Gasteiger partial charge in [-0.05, 0) is 31.4 Å². The van der Waals surface area contributed by atoms with Crippen molar-refractivity contribution in [2.75, 3.05) is 19.0 Å². The molecule has 1 aromatic rings. The monoisotopic (exact) mass is 543 g/mol. The van der Waals surface area contributed by atoms with Crippen molar-refractivity contribution >= 4 is 62.7 Å². The number of alkyl halides is 1. The van der Waals surface area contributed by atoms with Crippen LogP contribution < -0.4 is 10.6 Å². The molecule has 32 heavy (non-hydrogen) atoms. The lowest BCUT2D eigenvalue weighted by Crippen LogP contribution is -2.55. The number of amides is 3. The summed E-state index contributed by atoms with van der Waals surface area (Å²) in [6.07, 6.45) is 1.08. The van der Waals surface area contributed by atoms with Crippen LogP contribution >= 0.6 is 39.3 Å². The molecule has 4 rings (SSSR count). The lowest BCUT2D eigenvalue weighted by molar-refractivity contribution is -0.142. The largest absolute Gasteiger partial charge is 0.394 e. The zero-order valence-corrected chi connectivity index (χ0v) is 21.3. The number of hydrogen-bond donors (Lipinski definition) is 3. The molecule has 174 valence electrons. The minimum Gasteiger partial charge on any atom is -0.394 e. The van der Waals surface area contributed by atoms with Crippen molar-refractivity contribution in [2.45, 2.75) is 53.6 Å². The van der Waals surface area contributed by atoms with Gasteiger partial charge in [0, 0.05) is 17.1 Å². The van der Waals surface area contributed by atoms with Crippen molar-refractivity contribution in [3.63, 3.8) is 0 Å². The smallest absolute Gasteiger partial charge is 0.248 e. The molecule has 1 spiro atoms. The maximum atomic E-state index is 13.8. The predicted molar refractivity (Wildman–Crippen MR) is 129 cm³/mol. The molecule has 3 unspecified atom stereocenters. The molecule has 3 aliphatic rings. The molecule has 3 aliphatic heterocycles. The molecule has 0 aliphatic carbocycles. The molecule has 1 aromatic carbocycles. The van der Waals surface area contributed by atoms with Crippen molar-refractivity contribution in [3.05, 3.63) is 28.8 Å². The zero-order chi connectivity index (χ0) is 23.4. The predicted octanol–water partition coefficient (Wildman–Crippen LogP) is 2.57. The van der Waals surface area contributed by atoms with E-state index in [0.717, 1.165) is 5.56 Å². The van der Waals surface area contributed by atoms with Crippen LogP contribution in [0.1, 0.15) is 25.3 Å². The number of carbonyl (C=O) groups is 3. The van der Waals surface area contributed by atoms with E-state index < -0.39 is 28.7 Å². The van der Waals surface area contributed by atoms with E-state index in [-0.39, 0.29) is 34.4 Å². The fourth-order valence-corrected chi connectivity index (χ4v) is 9.49. The summed E-state index contributed by atoms with van der Waals surface area (Å²) in [4.78, 5) is 42.0. The second kappa shape index (κ2) is 8.81. The molecule has 0 radical (unpaired) electrons. The third-order valence-electron chi connectivity index (χ3n) is 7.07. The van der Waals surface area contributed by atoms with Gasteiger partial charge in [-0.3, -0.25) is 14.4 Å². The Bertz CT molecular complexity index is 941. The summed E-state index contributed by atoms with van der Waals surface area (Å²) in [5, 5.41) is 16.0. The summed E-state index contributed by atoms with van der Waals surface area (Å²) < 4.78 is -0.755. The number of carbonyl (C=O) groups excluding carboxylic acids is 3. The van der Waals surface area contributed by atoms with Crippen LogP contribution in [0.2, 0.25) is 5.02 Å². The molecule has 10 heteroatoms. The summed E-state index contributed by atoms with van der Waals surface area (Å²) in [6.45, 7) is 3.48. The summed E-state index contributed by atoms with van der Waals surface area (Å²) in [6, 6.07) is 4.04. The molecule has 0 saturated carbocycles. The number of hydrogen-bond acceptors (Lipinski definition) is 5. The molecular weight excluding hydrogens is 518 g/mol. The Morgan fingerprint density at radius 2 is 2.12 bits per heavy atom. The fraction of sp³-hybridized carbons (Fsp3) is 0.591. The lowest BCUT2D eigenvalue weighted by atomic mass is 9.70. The normalized spacial score (nSPS) is 33.9. The number of aliphatic hydroxyl groups is 1. The van der Waals surface area contributed by atoms with Crippen molar-refractivity contribution in [2.24, 2.45) is 11.8 Å². The Hall–Kier alpha value is -1.29. The van der Waals surface area contributed by atoms with Gasteiger partial charge in [-0.1, -0.05) is 46.6 Å². The van der Waals surface area contributed by atoms with Gasteiger partial charge in [0.15, 0.2) is 0 Å². The van der Waals surface area contributed by atoms with Gasteiger partial charge < -0.3 is 20.6 Å². The number of thioether (sulfide) groups is 1.